The molecule has 0 spiro atoms. The first-order valence-corrected chi connectivity index (χ1v) is 5.96. The molecule has 0 atom stereocenters. The second kappa shape index (κ2) is 7.39. The fraction of sp³-hybridized carbons (Fsp3) is 0.273. The standard InChI is InChI=1S/C11H11ClFN3O4/c1-2-3-10(12)15-20-11(17)14-7-4-5-8(13)9(6-7)16(18)19/h4-6H,2-3H2,1H3,(H,14,17)/b15-10+. The van der Waals surface area contributed by atoms with Gasteiger partial charge in [-0.1, -0.05) is 23.7 Å². The summed E-state index contributed by atoms with van der Waals surface area (Å²) in [7, 11) is 0. The third-order valence-electron chi connectivity index (χ3n) is 2.07. The number of hydrogen-bond acceptors (Lipinski definition) is 5. The highest BCUT2D eigenvalue weighted by molar-refractivity contribution is 6.65. The van der Waals surface area contributed by atoms with E-state index in [1.807, 2.05) is 6.92 Å². The lowest BCUT2D eigenvalue weighted by atomic mass is 10.2. The van der Waals surface area contributed by atoms with E-state index in [0.717, 1.165) is 24.6 Å². The van der Waals surface area contributed by atoms with Crippen LogP contribution in [0.5, 0.6) is 0 Å². The van der Waals surface area contributed by atoms with Crippen LogP contribution in [0.1, 0.15) is 19.8 Å². The lowest BCUT2D eigenvalue weighted by Crippen LogP contribution is -2.11. The molecule has 7 nitrogen and oxygen atoms in total. The molecule has 0 saturated carbocycles. The van der Waals surface area contributed by atoms with Gasteiger partial charge in [0.1, 0.15) is 5.17 Å². The molecule has 9 heteroatoms. The van der Waals surface area contributed by atoms with Crippen LogP contribution in [-0.4, -0.2) is 16.2 Å². The molecule has 0 saturated heterocycles. The van der Waals surface area contributed by atoms with Gasteiger partial charge < -0.3 is 0 Å². The van der Waals surface area contributed by atoms with Gasteiger partial charge in [-0.3, -0.25) is 20.3 Å². The number of amides is 1. The highest BCUT2D eigenvalue weighted by Gasteiger charge is 2.15. The number of nitro groups is 1. The van der Waals surface area contributed by atoms with Gasteiger partial charge in [-0.2, -0.15) is 4.39 Å². The lowest BCUT2D eigenvalue weighted by molar-refractivity contribution is -0.387. The van der Waals surface area contributed by atoms with Crippen molar-refractivity contribution < 1.29 is 18.9 Å². The van der Waals surface area contributed by atoms with Crippen molar-refractivity contribution in [1.82, 2.24) is 0 Å². The van der Waals surface area contributed by atoms with E-state index in [4.69, 9.17) is 11.6 Å². The third-order valence-corrected chi connectivity index (χ3v) is 2.33. The minimum absolute atomic E-state index is 0.00455. The van der Waals surface area contributed by atoms with Gasteiger partial charge in [-0.25, -0.2) is 4.79 Å². The maximum atomic E-state index is 13.1. The smallest absolute Gasteiger partial charge is 0.297 e. The van der Waals surface area contributed by atoms with Gasteiger partial charge in [0.2, 0.25) is 5.82 Å². The molecule has 0 aliphatic carbocycles. The zero-order valence-electron chi connectivity index (χ0n) is 10.4. The molecule has 0 aromatic heterocycles. The van der Waals surface area contributed by atoms with Crippen molar-refractivity contribution in [2.24, 2.45) is 5.16 Å². The summed E-state index contributed by atoms with van der Waals surface area (Å²) in [6.45, 7) is 1.87. The predicted octanol–water partition coefficient (Wildman–Crippen LogP) is 3.63. The van der Waals surface area contributed by atoms with Gasteiger partial charge in [-0.15, -0.1) is 0 Å². The first-order chi connectivity index (χ1) is 9.43. The summed E-state index contributed by atoms with van der Waals surface area (Å²) in [5.41, 5.74) is -0.750. The normalized spacial score (nSPS) is 11.1. The summed E-state index contributed by atoms with van der Waals surface area (Å²) in [6, 6.07) is 2.88. The van der Waals surface area contributed by atoms with Crippen LogP contribution in [-0.2, 0) is 4.84 Å². The van der Waals surface area contributed by atoms with E-state index in [9.17, 15) is 19.3 Å². The van der Waals surface area contributed by atoms with E-state index in [1.54, 1.807) is 0 Å². The summed E-state index contributed by atoms with van der Waals surface area (Å²) < 4.78 is 13.1. The molecule has 0 radical (unpaired) electrons. The Morgan fingerprint density at radius 1 is 1.60 bits per heavy atom. The molecule has 1 aromatic rings. The average Bonchev–Trinajstić information content (AvgIpc) is 2.39. The van der Waals surface area contributed by atoms with Crippen molar-refractivity contribution >= 4 is 34.2 Å². The average molecular weight is 304 g/mol. The Bertz CT molecular complexity index is 550. The number of hydrogen-bond donors (Lipinski definition) is 1. The van der Waals surface area contributed by atoms with E-state index >= 15 is 0 Å². The van der Waals surface area contributed by atoms with Crippen LogP contribution >= 0.6 is 11.6 Å². The van der Waals surface area contributed by atoms with Crippen LogP contribution in [0.15, 0.2) is 23.4 Å². The molecule has 0 fully saturated rings. The molecule has 20 heavy (non-hydrogen) atoms. The Labute approximate surface area is 118 Å². The van der Waals surface area contributed by atoms with E-state index in [-0.39, 0.29) is 10.9 Å². The van der Waals surface area contributed by atoms with Gasteiger partial charge in [0.05, 0.1) is 10.6 Å². The predicted molar refractivity (Wildman–Crippen MR) is 71.4 cm³/mol. The molecule has 1 N–H and O–H groups in total. The molecule has 1 amide bonds. The molecule has 0 aliphatic heterocycles. The Kier molecular flexibility index (Phi) is 5.85. The van der Waals surface area contributed by atoms with Gasteiger partial charge in [0.15, 0.2) is 0 Å². The monoisotopic (exact) mass is 303 g/mol. The largest absolute Gasteiger partial charge is 0.437 e. The van der Waals surface area contributed by atoms with Crippen LogP contribution in [0.25, 0.3) is 0 Å². The molecular formula is C11H11ClFN3O4. The molecule has 0 bridgehead atoms. The molecule has 0 heterocycles. The van der Waals surface area contributed by atoms with Crippen molar-refractivity contribution in [2.45, 2.75) is 19.8 Å². The summed E-state index contributed by atoms with van der Waals surface area (Å²) in [6.07, 6.45) is 0.203. The van der Waals surface area contributed by atoms with Crippen molar-refractivity contribution in [1.29, 1.82) is 0 Å². The van der Waals surface area contributed by atoms with Crippen LogP contribution in [0.2, 0.25) is 0 Å². The van der Waals surface area contributed by atoms with Gasteiger partial charge >= 0.3 is 11.8 Å². The Morgan fingerprint density at radius 3 is 2.90 bits per heavy atom. The van der Waals surface area contributed by atoms with Crippen LogP contribution in [0, 0.1) is 15.9 Å². The highest BCUT2D eigenvalue weighted by Crippen LogP contribution is 2.21. The Hall–Kier alpha value is -2.22. The number of carbonyl (C=O) groups excluding carboxylic acids is 1. The summed E-state index contributed by atoms with van der Waals surface area (Å²) >= 11 is 5.62. The number of anilines is 1. The summed E-state index contributed by atoms with van der Waals surface area (Å²) in [5, 5.41) is 16.2. The fourth-order valence-electron chi connectivity index (χ4n) is 1.21. The number of benzene rings is 1. The van der Waals surface area contributed by atoms with Crippen LogP contribution < -0.4 is 5.32 Å². The molecule has 108 valence electrons. The maximum Gasteiger partial charge on any atom is 0.437 e. The second-order valence-corrected chi connectivity index (χ2v) is 4.08. The third kappa shape index (κ3) is 4.81. The second-order valence-electron chi connectivity index (χ2n) is 3.64. The molecule has 1 aromatic carbocycles. The minimum Gasteiger partial charge on any atom is -0.297 e. The quantitative estimate of drug-likeness (QED) is 0.389. The summed E-state index contributed by atoms with van der Waals surface area (Å²) in [5.74, 6) is -1.00. The topological polar surface area (TPSA) is 93.8 Å². The number of nitrogens with zero attached hydrogens (tertiary/aromatic N) is 2. The van der Waals surface area contributed by atoms with Crippen LogP contribution in [0.3, 0.4) is 0 Å². The van der Waals surface area contributed by atoms with E-state index < -0.39 is 22.5 Å². The van der Waals surface area contributed by atoms with Gasteiger partial charge in [-0.05, 0) is 18.6 Å². The zero-order chi connectivity index (χ0) is 15.1. The van der Waals surface area contributed by atoms with Crippen molar-refractivity contribution in [2.75, 3.05) is 5.32 Å². The van der Waals surface area contributed by atoms with E-state index in [2.05, 4.69) is 15.3 Å². The van der Waals surface area contributed by atoms with E-state index in [0.29, 0.717) is 6.42 Å². The number of nitrogens with one attached hydrogen (secondary N) is 1. The number of rotatable bonds is 5. The van der Waals surface area contributed by atoms with Crippen molar-refractivity contribution in [3.8, 4) is 0 Å². The number of oxime groups is 1. The van der Waals surface area contributed by atoms with Crippen molar-refractivity contribution in [3.63, 3.8) is 0 Å². The molecular weight excluding hydrogens is 293 g/mol. The number of halogens is 2. The molecule has 0 aliphatic rings. The van der Waals surface area contributed by atoms with Gasteiger partial charge in [0, 0.05) is 12.5 Å². The lowest BCUT2D eigenvalue weighted by Gasteiger charge is -2.03. The molecule has 1 rings (SSSR count). The number of carbonyl (C=O) groups is 1. The van der Waals surface area contributed by atoms with Crippen LogP contribution in [0.4, 0.5) is 20.6 Å². The SMILES string of the molecule is CCC/C(Cl)=N\OC(=O)Nc1ccc(F)c([N+](=O)[O-])c1. The van der Waals surface area contributed by atoms with Gasteiger partial charge in [0.25, 0.3) is 0 Å². The van der Waals surface area contributed by atoms with Crippen molar-refractivity contribution in [3.05, 3.63) is 34.1 Å². The summed E-state index contributed by atoms with van der Waals surface area (Å²) in [4.78, 5) is 25.4. The minimum atomic E-state index is -1.00. The van der Waals surface area contributed by atoms with E-state index in [1.165, 1.54) is 0 Å². The Balaban J connectivity index is 2.69. The first-order valence-electron chi connectivity index (χ1n) is 5.58. The number of nitro benzene ring substituents is 1. The maximum absolute atomic E-state index is 13.1. The fourth-order valence-corrected chi connectivity index (χ4v) is 1.44. The zero-order valence-corrected chi connectivity index (χ0v) is 11.2. The molecule has 0 unspecified atom stereocenters. The Morgan fingerprint density at radius 2 is 2.30 bits per heavy atom. The highest BCUT2D eigenvalue weighted by atomic mass is 35.5. The first kappa shape index (κ1) is 15.8.